The van der Waals surface area contributed by atoms with E-state index in [4.69, 9.17) is 5.73 Å². The molecule has 118 valence electrons. The van der Waals surface area contributed by atoms with Crippen LogP contribution in [-0.4, -0.2) is 33.4 Å². The average Bonchev–Trinajstić information content (AvgIpc) is 2.99. The second-order valence-corrected chi connectivity index (χ2v) is 5.30. The Bertz CT molecular complexity index is 814. The van der Waals surface area contributed by atoms with Crippen molar-refractivity contribution in [2.24, 2.45) is 5.73 Å². The Morgan fingerprint density at radius 2 is 2.09 bits per heavy atom. The SMILES string of the molecule is CC(CNc1ncnc2[nH]cc(C(N)=O)c12)Nc1ccccc1. The molecular formula is C16H18N6O. The molecule has 0 bridgehead atoms. The van der Waals surface area contributed by atoms with E-state index in [-0.39, 0.29) is 6.04 Å². The lowest BCUT2D eigenvalue weighted by Crippen LogP contribution is -2.25. The number of aromatic nitrogens is 3. The average molecular weight is 310 g/mol. The second kappa shape index (κ2) is 6.35. The highest BCUT2D eigenvalue weighted by Crippen LogP contribution is 2.22. The molecule has 0 radical (unpaired) electrons. The van der Waals surface area contributed by atoms with Crippen molar-refractivity contribution in [1.82, 2.24) is 15.0 Å². The minimum Gasteiger partial charge on any atom is -0.381 e. The van der Waals surface area contributed by atoms with Crippen LogP contribution < -0.4 is 16.4 Å². The fraction of sp³-hybridized carbons (Fsp3) is 0.188. The first-order valence-electron chi connectivity index (χ1n) is 7.32. The largest absolute Gasteiger partial charge is 0.381 e. The zero-order valence-corrected chi connectivity index (χ0v) is 12.7. The molecule has 0 saturated carbocycles. The molecule has 1 atom stereocenters. The highest BCUT2D eigenvalue weighted by molar-refractivity contribution is 6.08. The third-order valence-electron chi connectivity index (χ3n) is 3.50. The number of aromatic amines is 1. The van der Waals surface area contributed by atoms with Gasteiger partial charge >= 0.3 is 0 Å². The van der Waals surface area contributed by atoms with E-state index >= 15 is 0 Å². The summed E-state index contributed by atoms with van der Waals surface area (Å²) in [5.74, 6) is 0.0799. The maximum Gasteiger partial charge on any atom is 0.251 e. The quantitative estimate of drug-likeness (QED) is 0.556. The monoisotopic (exact) mass is 310 g/mol. The van der Waals surface area contributed by atoms with Crippen molar-refractivity contribution in [3.05, 3.63) is 48.4 Å². The molecule has 2 aromatic heterocycles. The Balaban J connectivity index is 1.74. The van der Waals surface area contributed by atoms with Gasteiger partial charge in [-0.1, -0.05) is 18.2 Å². The van der Waals surface area contributed by atoms with Crippen molar-refractivity contribution >= 4 is 28.4 Å². The minimum absolute atomic E-state index is 0.165. The van der Waals surface area contributed by atoms with Crippen molar-refractivity contribution in [3.63, 3.8) is 0 Å². The van der Waals surface area contributed by atoms with Crippen molar-refractivity contribution < 1.29 is 4.79 Å². The number of hydrogen-bond acceptors (Lipinski definition) is 5. The van der Waals surface area contributed by atoms with Gasteiger partial charge in [0.25, 0.3) is 5.91 Å². The summed E-state index contributed by atoms with van der Waals surface area (Å²) in [5, 5.41) is 7.25. The van der Waals surface area contributed by atoms with Crippen LogP contribution in [0.5, 0.6) is 0 Å². The van der Waals surface area contributed by atoms with E-state index < -0.39 is 5.91 Å². The third-order valence-corrected chi connectivity index (χ3v) is 3.50. The summed E-state index contributed by atoms with van der Waals surface area (Å²) < 4.78 is 0. The number of primary amides is 1. The smallest absolute Gasteiger partial charge is 0.251 e. The molecule has 1 unspecified atom stereocenters. The molecule has 0 aliphatic heterocycles. The molecule has 1 amide bonds. The lowest BCUT2D eigenvalue weighted by atomic mass is 10.2. The summed E-state index contributed by atoms with van der Waals surface area (Å²) in [6, 6.07) is 10.1. The number of fused-ring (bicyclic) bond motifs is 1. The molecule has 0 fully saturated rings. The molecule has 0 aliphatic rings. The fourth-order valence-electron chi connectivity index (χ4n) is 2.41. The van der Waals surface area contributed by atoms with E-state index in [1.807, 2.05) is 30.3 Å². The van der Waals surface area contributed by atoms with Crippen LogP contribution in [0.4, 0.5) is 11.5 Å². The lowest BCUT2D eigenvalue weighted by Gasteiger charge is -2.16. The van der Waals surface area contributed by atoms with Crippen LogP contribution in [-0.2, 0) is 0 Å². The Morgan fingerprint density at radius 1 is 1.30 bits per heavy atom. The molecule has 3 aromatic rings. The number of nitrogens with one attached hydrogen (secondary N) is 3. The van der Waals surface area contributed by atoms with Crippen LogP contribution in [0.3, 0.4) is 0 Å². The second-order valence-electron chi connectivity index (χ2n) is 5.30. The van der Waals surface area contributed by atoms with Gasteiger partial charge in [-0.3, -0.25) is 4.79 Å². The van der Waals surface area contributed by atoms with Gasteiger partial charge in [0.15, 0.2) is 0 Å². The number of carbonyl (C=O) groups is 1. The molecule has 7 nitrogen and oxygen atoms in total. The molecule has 0 aliphatic carbocycles. The molecule has 2 heterocycles. The van der Waals surface area contributed by atoms with Crippen LogP contribution in [0.25, 0.3) is 11.0 Å². The molecule has 1 aromatic carbocycles. The fourth-order valence-corrected chi connectivity index (χ4v) is 2.41. The number of rotatable bonds is 6. The molecule has 5 N–H and O–H groups in total. The van der Waals surface area contributed by atoms with Gasteiger partial charge in [-0.15, -0.1) is 0 Å². The summed E-state index contributed by atoms with van der Waals surface area (Å²) in [6.45, 7) is 2.69. The number of benzene rings is 1. The van der Waals surface area contributed by atoms with Gasteiger partial charge in [-0.05, 0) is 19.1 Å². The number of H-pyrrole nitrogens is 1. The molecular weight excluding hydrogens is 292 g/mol. The zero-order chi connectivity index (χ0) is 16.2. The molecule has 7 heteroatoms. The van der Waals surface area contributed by atoms with Crippen LogP contribution in [0, 0.1) is 0 Å². The standard InChI is InChI=1S/C16H18N6O/c1-10(22-11-5-3-2-4-6-11)7-18-15-13-12(14(17)23)8-19-16(13)21-9-20-15/h2-6,8-10,22H,7H2,1H3,(H2,17,23)(H2,18,19,20,21). The lowest BCUT2D eigenvalue weighted by molar-refractivity contribution is 0.100. The van der Waals surface area contributed by atoms with Gasteiger partial charge in [-0.2, -0.15) is 0 Å². The summed E-state index contributed by atoms with van der Waals surface area (Å²) in [7, 11) is 0. The van der Waals surface area contributed by atoms with Crippen LogP contribution in [0.1, 0.15) is 17.3 Å². The molecule has 3 rings (SSSR count). The van der Waals surface area contributed by atoms with E-state index in [1.165, 1.54) is 6.33 Å². The normalized spacial score (nSPS) is 12.0. The number of anilines is 2. The predicted octanol–water partition coefficient (Wildman–Crippen LogP) is 1.97. The Kier molecular flexibility index (Phi) is 4.09. The number of carbonyl (C=O) groups excluding carboxylic acids is 1. The van der Waals surface area contributed by atoms with E-state index in [9.17, 15) is 4.79 Å². The van der Waals surface area contributed by atoms with Gasteiger partial charge in [0.05, 0.1) is 10.9 Å². The van der Waals surface area contributed by atoms with Crippen LogP contribution in [0.2, 0.25) is 0 Å². The third kappa shape index (κ3) is 3.23. The van der Waals surface area contributed by atoms with Crippen LogP contribution in [0.15, 0.2) is 42.9 Å². The first-order valence-corrected chi connectivity index (χ1v) is 7.32. The summed E-state index contributed by atoms with van der Waals surface area (Å²) in [5.41, 5.74) is 7.41. The zero-order valence-electron chi connectivity index (χ0n) is 12.7. The van der Waals surface area contributed by atoms with E-state index in [1.54, 1.807) is 6.20 Å². The highest BCUT2D eigenvalue weighted by Gasteiger charge is 2.15. The van der Waals surface area contributed by atoms with E-state index in [2.05, 4.69) is 32.5 Å². The minimum atomic E-state index is -0.510. The molecule has 23 heavy (non-hydrogen) atoms. The topological polar surface area (TPSA) is 109 Å². The van der Waals surface area contributed by atoms with Crippen molar-refractivity contribution in [1.29, 1.82) is 0 Å². The van der Waals surface area contributed by atoms with Gasteiger partial charge in [0.1, 0.15) is 17.8 Å². The highest BCUT2D eigenvalue weighted by atomic mass is 16.1. The van der Waals surface area contributed by atoms with E-state index in [0.29, 0.717) is 29.0 Å². The van der Waals surface area contributed by atoms with Crippen molar-refractivity contribution in [2.45, 2.75) is 13.0 Å². The number of hydrogen-bond donors (Lipinski definition) is 4. The van der Waals surface area contributed by atoms with Gasteiger partial charge in [0, 0.05) is 24.5 Å². The first kappa shape index (κ1) is 14.8. The van der Waals surface area contributed by atoms with Crippen molar-refractivity contribution in [3.8, 4) is 0 Å². The Labute approximate surface area is 133 Å². The first-order chi connectivity index (χ1) is 11.1. The van der Waals surface area contributed by atoms with Gasteiger partial charge in [0.2, 0.25) is 0 Å². The summed E-state index contributed by atoms with van der Waals surface area (Å²) >= 11 is 0. The number of nitrogens with two attached hydrogens (primary N) is 1. The number of amides is 1. The maximum atomic E-state index is 11.5. The summed E-state index contributed by atoms with van der Waals surface area (Å²) in [4.78, 5) is 22.8. The van der Waals surface area contributed by atoms with Gasteiger partial charge in [-0.25, -0.2) is 9.97 Å². The maximum absolute atomic E-state index is 11.5. The number of para-hydroxylation sites is 1. The van der Waals surface area contributed by atoms with E-state index in [0.717, 1.165) is 5.69 Å². The summed E-state index contributed by atoms with van der Waals surface area (Å²) in [6.07, 6.45) is 3.00. The predicted molar refractivity (Wildman–Crippen MR) is 90.4 cm³/mol. The van der Waals surface area contributed by atoms with Crippen molar-refractivity contribution in [2.75, 3.05) is 17.2 Å². The Morgan fingerprint density at radius 3 is 2.83 bits per heavy atom. The Hall–Kier alpha value is -3.09. The van der Waals surface area contributed by atoms with Crippen LogP contribution >= 0.6 is 0 Å². The molecule has 0 saturated heterocycles. The van der Waals surface area contributed by atoms with Gasteiger partial charge < -0.3 is 21.4 Å². The molecule has 0 spiro atoms. The number of nitrogens with zero attached hydrogens (tertiary/aromatic N) is 2.